The minimum atomic E-state index is -4.52. The number of ketones is 1. The van der Waals surface area contributed by atoms with Crippen molar-refractivity contribution >= 4 is 13.6 Å². The van der Waals surface area contributed by atoms with Gasteiger partial charge in [-0.05, 0) is 73.1 Å². The third-order valence-electron chi connectivity index (χ3n) is 6.63. The van der Waals surface area contributed by atoms with Crippen molar-refractivity contribution in [3.05, 3.63) is 29.3 Å². The zero-order valence-electron chi connectivity index (χ0n) is 13.8. The molecule has 4 atom stereocenters. The zero-order valence-corrected chi connectivity index (χ0v) is 14.7. The van der Waals surface area contributed by atoms with Gasteiger partial charge in [0.2, 0.25) is 0 Å². The first-order valence-corrected chi connectivity index (χ1v) is 10.2. The smallest absolute Gasteiger partial charge is 0.404 e. The van der Waals surface area contributed by atoms with Crippen LogP contribution < -0.4 is 4.52 Å². The number of rotatable bonds is 2. The number of carbonyl (C=O) groups is 1. The number of benzene rings is 1. The molecule has 3 aliphatic carbocycles. The van der Waals surface area contributed by atoms with Crippen molar-refractivity contribution in [2.24, 2.45) is 17.3 Å². The maximum Gasteiger partial charge on any atom is 0.524 e. The maximum absolute atomic E-state index is 12.3. The van der Waals surface area contributed by atoms with E-state index in [0.29, 0.717) is 23.5 Å². The monoisotopic (exact) mass is 350 g/mol. The van der Waals surface area contributed by atoms with Crippen LogP contribution >= 0.6 is 7.82 Å². The first-order valence-electron chi connectivity index (χ1n) is 8.69. The van der Waals surface area contributed by atoms with Crippen molar-refractivity contribution in [3.63, 3.8) is 0 Å². The van der Waals surface area contributed by atoms with E-state index in [0.717, 1.165) is 44.1 Å². The first-order chi connectivity index (χ1) is 11.3. The predicted octanol–water partition coefficient (Wildman–Crippen LogP) is 3.58. The SMILES string of the molecule is C[C@]12CC[C@H]3c4ccc(OP(=O)(O)O)cc4CC[C@@H]3[C@@H]1CCC2=O. The van der Waals surface area contributed by atoms with E-state index in [1.54, 1.807) is 12.1 Å². The van der Waals surface area contributed by atoms with Crippen LogP contribution in [0.25, 0.3) is 0 Å². The Bertz CT molecular complexity index is 739. The standard InChI is InChI=1S/C18H23O5P/c1-18-9-8-14-13-5-3-12(23-24(20,21)22)10-11(13)2-4-15(14)16(18)6-7-17(18)19/h3,5,10,14-16H,2,4,6-9H2,1H3,(H2,20,21,22)/t14-,15-,16-,18-/m0/s1. The minimum Gasteiger partial charge on any atom is -0.404 e. The van der Waals surface area contributed by atoms with E-state index < -0.39 is 7.82 Å². The van der Waals surface area contributed by atoms with Crippen LogP contribution in [0.5, 0.6) is 5.75 Å². The molecule has 0 saturated heterocycles. The molecule has 6 heteroatoms. The highest BCUT2D eigenvalue weighted by atomic mass is 31.2. The second-order valence-electron chi connectivity index (χ2n) is 7.78. The van der Waals surface area contributed by atoms with Gasteiger partial charge in [-0.25, -0.2) is 4.57 Å². The van der Waals surface area contributed by atoms with Gasteiger partial charge in [-0.15, -0.1) is 0 Å². The highest BCUT2D eigenvalue weighted by Crippen LogP contribution is 2.59. The summed E-state index contributed by atoms with van der Waals surface area (Å²) in [5, 5.41) is 0. The molecule has 2 saturated carbocycles. The maximum atomic E-state index is 12.3. The quantitative estimate of drug-likeness (QED) is 0.797. The van der Waals surface area contributed by atoms with E-state index in [-0.39, 0.29) is 11.2 Å². The lowest BCUT2D eigenvalue weighted by Crippen LogP contribution is -2.42. The lowest BCUT2D eigenvalue weighted by molar-refractivity contribution is -0.129. The van der Waals surface area contributed by atoms with Gasteiger partial charge in [-0.3, -0.25) is 14.6 Å². The van der Waals surface area contributed by atoms with Gasteiger partial charge in [0.05, 0.1) is 0 Å². The summed E-state index contributed by atoms with van der Waals surface area (Å²) in [4.78, 5) is 30.3. The molecular formula is C18H23O5P. The van der Waals surface area contributed by atoms with Crippen LogP contribution in [0, 0.1) is 17.3 Å². The normalized spacial score (nSPS) is 35.1. The summed E-state index contributed by atoms with van der Waals surface area (Å²) in [6.07, 6.45) is 5.66. The third kappa shape index (κ3) is 2.54. The van der Waals surface area contributed by atoms with Crippen molar-refractivity contribution < 1.29 is 23.7 Å². The van der Waals surface area contributed by atoms with Gasteiger partial charge in [-0.2, -0.15) is 0 Å². The van der Waals surface area contributed by atoms with E-state index in [1.165, 1.54) is 5.56 Å². The molecule has 0 aliphatic heterocycles. The Morgan fingerprint density at radius 2 is 2.00 bits per heavy atom. The van der Waals surface area contributed by atoms with E-state index in [2.05, 4.69) is 6.92 Å². The number of phosphoric acid groups is 1. The lowest BCUT2D eigenvalue weighted by atomic mass is 9.55. The number of hydrogen-bond donors (Lipinski definition) is 2. The Balaban J connectivity index is 1.64. The van der Waals surface area contributed by atoms with Crippen LogP contribution in [-0.2, 0) is 15.8 Å². The van der Waals surface area contributed by atoms with Gasteiger partial charge in [-0.1, -0.05) is 13.0 Å². The van der Waals surface area contributed by atoms with E-state index >= 15 is 0 Å². The van der Waals surface area contributed by atoms with E-state index in [9.17, 15) is 9.36 Å². The number of fused-ring (bicyclic) bond motifs is 5. The predicted molar refractivity (Wildman–Crippen MR) is 88.7 cm³/mol. The van der Waals surface area contributed by atoms with Crippen LogP contribution in [0.2, 0.25) is 0 Å². The highest BCUT2D eigenvalue weighted by molar-refractivity contribution is 7.46. The van der Waals surface area contributed by atoms with Crippen LogP contribution in [0.4, 0.5) is 0 Å². The molecule has 0 heterocycles. The molecule has 4 rings (SSSR count). The molecule has 0 bridgehead atoms. The number of carbonyl (C=O) groups excluding carboxylic acids is 1. The molecule has 130 valence electrons. The Hall–Kier alpha value is -1.16. The number of Topliss-reactive ketones (excluding diaryl/α,β-unsaturated/α-hetero) is 1. The molecule has 1 aromatic carbocycles. The molecule has 5 nitrogen and oxygen atoms in total. The summed E-state index contributed by atoms with van der Waals surface area (Å²) in [5.74, 6) is 2.18. The van der Waals surface area contributed by atoms with Crippen molar-refractivity contribution in [2.75, 3.05) is 0 Å². The van der Waals surface area contributed by atoms with Crippen LogP contribution in [0.1, 0.15) is 56.1 Å². The van der Waals surface area contributed by atoms with Crippen LogP contribution in [0.3, 0.4) is 0 Å². The third-order valence-corrected chi connectivity index (χ3v) is 7.08. The van der Waals surface area contributed by atoms with Gasteiger partial charge in [0, 0.05) is 11.8 Å². The van der Waals surface area contributed by atoms with Gasteiger partial charge < -0.3 is 4.52 Å². The fourth-order valence-corrected chi connectivity index (χ4v) is 5.91. The van der Waals surface area contributed by atoms with Crippen LogP contribution in [-0.4, -0.2) is 15.6 Å². The van der Waals surface area contributed by atoms with Gasteiger partial charge in [0.15, 0.2) is 0 Å². The highest BCUT2D eigenvalue weighted by Gasteiger charge is 2.54. The van der Waals surface area contributed by atoms with E-state index in [1.807, 2.05) is 6.07 Å². The minimum absolute atomic E-state index is 0.123. The molecule has 0 unspecified atom stereocenters. The Morgan fingerprint density at radius 3 is 2.75 bits per heavy atom. The summed E-state index contributed by atoms with van der Waals surface area (Å²) in [7, 11) is -4.52. The Morgan fingerprint density at radius 1 is 1.21 bits per heavy atom. The average Bonchev–Trinajstić information content (AvgIpc) is 2.81. The fraction of sp³-hybridized carbons (Fsp3) is 0.611. The lowest BCUT2D eigenvalue weighted by Gasteiger charge is -2.48. The van der Waals surface area contributed by atoms with Gasteiger partial charge in [0.1, 0.15) is 11.5 Å². The molecule has 2 fully saturated rings. The molecule has 0 radical (unpaired) electrons. The largest absolute Gasteiger partial charge is 0.524 e. The van der Waals surface area contributed by atoms with E-state index in [4.69, 9.17) is 14.3 Å². The molecular weight excluding hydrogens is 327 g/mol. The summed E-state index contributed by atoms with van der Waals surface area (Å²) in [6, 6.07) is 5.41. The van der Waals surface area contributed by atoms with Crippen molar-refractivity contribution in [1.29, 1.82) is 0 Å². The zero-order chi connectivity index (χ0) is 17.1. The Labute approximate surface area is 141 Å². The van der Waals surface area contributed by atoms with Gasteiger partial charge >= 0.3 is 7.82 Å². The summed E-state index contributed by atoms with van der Waals surface area (Å²) < 4.78 is 15.8. The van der Waals surface area contributed by atoms with Crippen LogP contribution in [0.15, 0.2) is 18.2 Å². The summed E-state index contributed by atoms with van der Waals surface area (Å²) in [5.41, 5.74) is 2.29. The topological polar surface area (TPSA) is 83.8 Å². The number of hydrogen-bond acceptors (Lipinski definition) is 3. The molecule has 24 heavy (non-hydrogen) atoms. The molecule has 2 N–H and O–H groups in total. The molecule has 0 spiro atoms. The van der Waals surface area contributed by atoms with Gasteiger partial charge in [0.25, 0.3) is 0 Å². The summed E-state index contributed by atoms with van der Waals surface area (Å²) in [6.45, 7) is 2.16. The second kappa shape index (κ2) is 5.42. The van der Waals surface area contributed by atoms with Crippen molar-refractivity contribution in [2.45, 2.75) is 51.4 Å². The molecule has 1 aromatic rings. The molecule has 0 aromatic heterocycles. The molecule has 0 amide bonds. The number of aryl methyl sites for hydroxylation is 1. The molecule has 3 aliphatic rings. The summed E-state index contributed by atoms with van der Waals surface area (Å²) >= 11 is 0. The first kappa shape index (κ1) is 16.3. The Kier molecular flexibility index (Phi) is 3.68. The van der Waals surface area contributed by atoms with Crippen molar-refractivity contribution in [1.82, 2.24) is 0 Å². The average molecular weight is 350 g/mol. The van der Waals surface area contributed by atoms with Crippen molar-refractivity contribution in [3.8, 4) is 5.75 Å². The second-order valence-corrected chi connectivity index (χ2v) is 8.94. The number of phosphoric ester groups is 1. The fourth-order valence-electron chi connectivity index (χ4n) is 5.52.